The van der Waals surface area contributed by atoms with Crippen molar-refractivity contribution in [2.75, 3.05) is 14.2 Å². The van der Waals surface area contributed by atoms with Crippen molar-refractivity contribution in [2.45, 2.75) is 13.5 Å². The summed E-state index contributed by atoms with van der Waals surface area (Å²) in [5, 5.41) is 0. The zero-order valence-electron chi connectivity index (χ0n) is 12.3. The van der Waals surface area contributed by atoms with E-state index in [1.54, 1.807) is 50.7 Å². The average Bonchev–Trinajstić information content (AvgIpc) is 2.52. The van der Waals surface area contributed by atoms with Gasteiger partial charge in [0.25, 0.3) is 0 Å². The molecule has 0 fully saturated rings. The zero-order chi connectivity index (χ0) is 15.2. The van der Waals surface area contributed by atoms with Crippen LogP contribution in [0.5, 0.6) is 17.2 Å². The first-order valence-electron chi connectivity index (χ1n) is 6.45. The van der Waals surface area contributed by atoms with Gasteiger partial charge in [-0.3, -0.25) is 9.78 Å². The highest BCUT2D eigenvalue weighted by molar-refractivity contribution is 5.94. The number of hydrogen-bond donors (Lipinski definition) is 0. The number of rotatable bonds is 6. The fraction of sp³-hybridized carbons (Fsp3) is 0.250. The van der Waals surface area contributed by atoms with Crippen molar-refractivity contribution in [1.82, 2.24) is 4.98 Å². The van der Waals surface area contributed by atoms with Crippen LogP contribution in [0.15, 0.2) is 36.5 Å². The van der Waals surface area contributed by atoms with Crippen LogP contribution in [0.3, 0.4) is 0 Å². The summed E-state index contributed by atoms with van der Waals surface area (Å²) < 4.78 is 16.2. The number of ketones is 1. The first-order chi connectivity index (χ1) is 10.2. The van der Waals surface area contributed by atoms with Gasteiger partial charge in [0, 0.05) is 17.8 Å². The minimum absolute atomic E-state index is 0.00228. The van der Waals surface area contributed by atoms with E-state index in [4.69, 9.17) is 14.2 Å². The maximum atomic E-state index is 11.4. The van der Waals surface area contributed by atoms with Crippen LogP contribution in [0, 0.1) is 0 Å². The first-order valence-corrected chi connectivity index (χ1v) is 6.45. The molecule has 0 saturated carbocycles. The van der Waals surface area contributed by atoms with E-state index < -0.39 is 0 Å². The first kappa shape index (κ1) is 14.8. The summed E-state index contributed by atoms with van der Waals surface area (Å²) in [6.07, 6.45) is 1.63. The van der Waals surface area contributed by atoms with Crippen LogP contribution in [0.4, 0.5) is 0 Å². The third-order valence-electron chi connectivity index (χ3n) is 2.98. The topological polar surface area (TPSA) is 57.7 Å². The Bertz CT molecular complexity index is 640. The van der Waals surface area contributed by atoms with Crippen LogP contribution < -0.4 is 14.2 Å². The second-order valence-corrected chi connectivity index (χ2v) is 4.37. The quantitative estimate of drug-likeness (QED) is 0.765. The molecule has 0 spiro atoms. The summed E-state index contributed by atoms with van der Waals surface area (Å²) in [6.45, 7) is 1.74. The van der Waals surface area contributed by atoms with Crippen LogP contribution in [0.1, 0.15) is 23.0 Å². The van der Waals surface area contributed by atoms with Crippen molar-refractivity contribution in [3.05, 3.63) is 47.8 Å². The lowest BCUT2D eigenvalue weighted by molar-refractivity contribution is 0.101. The second-order valence-electron chi connectivity index (χ2n) is 4.37. The van der Waals surface area contributed by atoms with Gasteiger partial charge >= 0.3 is 0 Å². The molecule has 0 saturated heterocycles. The SMILES string of the molecule is COc1ccnc(COc2cccc(C(C)=O)c2)c1OC. The number of carbonyl (C=O) groups excluding carboxylic acids is 1. The van der Waals surface area contributed by atoms with Crippen molar-refractivity contribution >= 4 is 5.78 Å². The van der Waals surface area contributed by atoms with Gasteiger partial charge < -0.3 is 14.2 Å². The van der Waals surface area contributed by atoms with Gasteiger partial charge in [0.05, 0.1) is 14.2 Å². The lowest BCUT2D eigenvalue weighted by atomic mass is 10.1. The number of hydrogen-bond acceptors (Lipinski definition) is 5. The molecular weight excluding hydrogens is 270 g/mol. The molecule has 0 radical (unpaired) electrons. The van der Waals surface area contributed by atoms with Crippen molar-refractivity contribution in [3.63, 3.8) is 0 Å². The Hall–Kier alpha value is -2.56. The van der Waals surface area contributed by atoms with E-state index in [-0.39, 0.29) is 12.4 Å². The number of methoxy groups -OCH3 is 2. The standard InChI is InChI=1S/C16H17NO4/c1-11(18)12-5-4-6-13(9-12)21-10-14-16(20-3)15(19-2)7-8-17-14/h4-9H,10H2,1-3H3. The molecule has 110 valence electrons. The van der Waals surface area contributed by atoms with Gasteiger partial charge in [0.1, 0.15) is 18.1 Å². The monoisotopic (exact) mass is 287 g/mol. The van der Waals surface area contributed by atoms with E-state index >= 15 is 0 Å². The Balaban J connectivity index is 2.16. The summed E-state index contributed by atoms with van der Waals surface area (Å²) in [5.74, 6) is 1.75. The van der Waals surface area contributed by atoms with E-state index in [1.807, 2.05) is 0 Å². The predicted molar refractivity (Wildman–Crippen MR) is 78.1 cm³/mol. The van der Waals surface area contributed by atoms with Crippen molar-refractivity contribution < 1.29 is 19.0 Å². The smallest absolute Gasteiger partial charge is 0.185 e. The molecule has 1 aromatic heterocycles. The largest absolute Gasteiger partial charge is 0.493 e. The molecule has 0 atom stereocenters. The molecule has 5 heteroatoms. The van der Waals surface area contributed by atoms with Crippen LogP contribution in [0.25, 0.3) is 0 Å². The van der Waals surface area contributed by atoms with Gasteiger partial charge in [-0.05, 0) is 19.1 Å². The number of carbonyl (C=O) groups is 1. The summed E-state index contributed by atoms with van der Waals surface area (Å²) >= 11 is 0. The molecule has 1 aromatic carbocycles. The van der Waals surface area contributed by atoms with Crippen LogP contribution in [0.2, 0.25) is 0 Å². The van der Waals surface area contributed by atoms with Gasteiger partial charge in [0.2, 0.25) is 0 Å². The highest BCUT2D eigenvalue weighted by atomic mass is 16.5. The number of pyridine rings is 1. The Morgan fingerprint density at radius 2 is 2.00 bits per heavy atom. The highest BCUT2D eigenvalue weighted by Crippen LogP contribution is 2.29. The van der Waals surface area contributed by atoms with E-state index in [9.17, 15) is 4.79 Å². The van der Waals surface area contributed by atoms with Crippen molar-refractivity contribution in [1.29, 1.82) is 0 Å². The van der Waals surface area contributed by atoms with Gasteiger partial charge in [-0.1, -0.05) is 12.1 Å². The van der Waals surface area contributed by atoms with E-state index in [0.717, 1.165) is 0 Å². The third-order valence-corrected chi connectivity index (χ3v) is 2.98. The van der Waals surface area contributed by atoms with Gasteiger partial charge in [-0.2, -0.15) is 0 Å². The van der Waals surface area contributed by atoms with Crippen LogP contribution in [-0.2, 0) is 6.61 Å². The molecule has 21 heavy (non-hydrogen) atoms. The number of Topliss-reactive ketones (excluding diaryl/α,β-unsaturated/α-hetero) is 1. The van der Waals surface area contributed by atoms with Crippen LogP contribution in [-0.4, -0.2) is 25.0 Å². The molecule has 0 unspecified atom stereocenters. The predicted octanol–water partition coefficient (Wildman–Crippen LogP) is 2.88. The Labute approximate surface area is 123 Å². The molecule has 0 aliphatic rings. The molecule has 0 N–H and O–H groups in total. The van der Waals surface area contributed by atoms with Gasteiger partial charge in [-0.25, -0.2) is 0 Å². The van der Waals surface area contributed by atoms with Gasteiger partial charge in [0.15, 0.2) is 17.3 Å². The maximum Gasteiger partial charge on any atom is 0.185 e. The molecule has 0 aliphatic carbocycles. The van der Waals surface area contributed by atoms with Crippen molar-refractivity contribution in [2.24, 2.45) is 0 Å². The summed E-state index contributed by atoms with van der Waals surface area (Å²) in [7, 11) is 3.12. The summed E-state index contributed by atoms with van der Waals surface area (Å²) in [4.78, 5) is 15.6. The normalized spacial score (nSPS) is 10.0. The molecule has 0 aliphatic heterocycles. The Morgan fingerprint density at radius 3 is 2.67 bits per heavy atom. The molecular formula is C16H17NO4. The fourth-order valence-electron chi connectivity index (χ4n) is 1.91. The highest BCUT2D eigenvalue weighted by Gasteiger charge is 2.11. The molecule has 5 nitrogen and oxygen atoms in total. The number of nitrogens with zero attached hydrogens (tertiary/aromatic N) is 1. The fourth-order valence-corrected chi connectivity index (χ4v) is 1.91. The van der Waals surface area contributed by atoms with Crippen molar-refractivity contribution in [3.8, 4) is 17.2 Å². The molecule has 2 aromatic rings. The molecule has 0 bridgehead atoms. The molecule has 2 rings (SSSR count). The zero-order valence-corrected chi connectivity index (χ0v) is 12.3. The minimum atomic E-state index is -0.00228. The number of benzene rings is 1. The summed E-state index contributed by atoms with van der Waals surface area (Å²) in [5.41, 5.74) is 1.24. The average molecular weight is 287 g/mol. The van der Waals surface area contributed by atoms with Crippen LogP contribution >= 0.6 is 0 Å². The Kier molecular flexibility index (Phi) is 4.77. The summed E-state index contributed by atoms with van der Waals surface area (Å²) in [6, 6.07) is 8.74. The number of aromatic nitrogens is 1. The minimum Gasteiger partial charge on any atom is -0.493 e. The second kappa shape index (κ2) is 6.74. The molecule has 0 amide bonds. The third kappa shape index (κ3) is 3.51. The van der Waals surface area contributed by atoms with E-state index in [2.05, 4.69) is 4.98 Å². The molecule has 1 heterocycles. The Morgan fingerprint density at radius 1 is 1.19 bits per heavy atom. The van der Waals surface area contributed by atoms with Gasteiger partial charge in [-0.15, -0.1) is 0 Å². The lowest BCUT2D eigenvalue weighted by Gasteiger charge is -2.12. The van der Waals surface area contributed by atoms with E-state index in [1.165, 1.54) is 6.92 Å². The number of ether oxygens (including phenoxy) is 3. The lowest BCUT2D eigenvalue weighted by Crippen LogP contribution is -2.03. The van der Waals surface area contributed by atoms with E-state index in [0.29, 0.717) is 28.5 Å². The maximum absolute atomic E-state index is 11.4.